The Morgan fingerprint density at radius 1 is 1.00 bits per heavy atom. The minimum absolute atomic E-state index is 0.0853. The number of benzene rings is 1. The smallest absolute Gasteiger partial charge is 0.253 e. The quantitative estimate of drug-likeness (QED) is 0.785. The molecule has 3 heterocycles. The van der Waals surface area contributed by atoms with Crippen molar-refractivity contribution in [2.75, 3.05) is 26.2 Å². The zero-order valence-electron chi connectivity index (χ0n) is 15.9. The lowest BCUT2D eigenvalue weighted by atomic mass is 10.1. The summed E-state index contributed by atoms with van der Waals surface area (Å²) in [6.45, 7) is 1.91. The van der Waals surface area contributed by atoms with Gasteiger partial charge in [-0.15, -0.1) is 0 Å². The summed E-state index contributed by atoms with van der Waals surface area (Å²) in [5.41, 5.74) is 0.612. The number of rotatable bonds is 4. The van der Waals surface area contributed by atoms with Gasteiger partial charge in [0, 0.05) is 44.1 Å². The van der Waals surface area contributed by atoms with E-state index in [1.165, 1.54) is 0 Å². The Morgan fingerprint density at radius 3 is 2.43 bits per heavy atom. The third-order valence-corrected chi connectivity index (χ3v) is 8.10. The molecule has 1 atom stereocenters. The second-order valence-electron chi connectivity index (χ2n) is 7.54. The van der Waals surface area contributed by atoms with Crippen LogP contribution in [-0.4, -0.2) is 64.7 Å². The van der Waals surface area contributed by atoms with E-state index in [1.807, 2.05) is 35.1 Å². The molecule has 0 N–H and O–H groups in total. The Labute approximate surface area is 166 Å². The van der Waals surface area contributed by atoms with E-state index in [0.29, 0.717) is 38.0 Å². The Morgan fingerprint density at radius 2 is 1.75 bits per heavy atom. The van der Waals surface area contributed by atoms with E-state index < -0.39 is 15.3 Å². The molecule has 4 rings (SSSR count). The average molecular weight is 403 g/mol. The molecular weight excluding hydrogens is 376 g/mol. The number of hydrogen-bond acceptors (Lipinski definition) is 4. The SMILES string of the molecule is O=C(c1ccccc1)N1CCC[C@@H](S(=O)(=O)N2CCC(n3cccn3)CC2)C1. The van der Waals surface area contributed by atoms with Crippen LogP contribution < -0.4 is 0 Å². The van der Waals surface area contributed by atoms with Crippen molar-refractivity contribution in [3.63, 3.8) is 0 Å². The first-order chi connectivity index (χ1) is 13.6. The van der Waals surface area contributed by atoms with E-state index in [0.717, 1.165) is 12.8 Å². The van der Waals surface area contributed by atoms with Gasteiger partial charge in [-0.3, -0.25) is 9.48 Å². The van der Waals surface area contributed by atoms with E-state index in [2.05, 4.69) is 5.10 Å². The Kier molecular flexibility index (Phi) is 5.50. The van der Waals surface area contributed by atoms with Crippen molar-refractivity contribution in [1.82, 2.24) is 19.0 Å². The number of carbonyl (C=O) groups excluding carboxylic acids is 1. The molecule has 1 amide bonds. The van der Waals surface area contributed by atoms with Gasteiger partial charge in [0.2, 0.25) is 10.0 Å². The molecule has 1 aromatic carbocycles. The number of hydrogen-bond donors (Lipinski definition) is 0. The van der Waals surface area contributed by atoms with Gasteiger partial charge in [-0.2, -0.15) is 5.10 Å². The van der Waals surface area contributed by atoms with Crippen LogP contribution in [0, 0.1) is 0 Å². The number of likely N-dealkylation sites (tertiary alicyclic amines) is 1. The molecule has 150 valence electrons. The topological polar surface area (TPSA) is 75.5 Å². The minimum Gasteiger partial charge on any atom is -0.337 e. The van der Waals surface area contributed by atoms with E-state index in [1.54, 1.807) is 27.5 Å². The van der Waals surface area contributed by atoms with Crippen molar-refractivity contribution < 1.29 is 13.2 Å². The van der Waals surface area contributed by atoms with Crippen LogP contribution in [0.25, 0.3) is 0 Å². The highest BCUT2D eigenvalue weighted by Gasteiger charge is 2.38. The maximum Gasteiger partial charge on any atom is 0.253 e. The molecule has 2 aliphatic heterocycles. The lowest BCUT2D eigenvalue weighted by Crippen LogP contribution is -2.51. The van der Waals surface area contributed by atoms with Gasteiger partial charge in [0.05, 0.1) is 11.3 Å². The highest BCUT2D eigenvalue weighted by molar-refractivity contribution is 7.89. The molecule has 0 aliphatic carbocycles. The molecule has 2 aromatic rings. The van der Waals surface area contributed by atoms with Crippen LogP contribution in [-0.2, 0) is 10.0 Å². The van der Waals surface area contributed by atoms with E-state index in [9.17, 15) is 13.2 Å². The Balaban J connectivity index is 1.41. The summed E-state index contributed by atoms with van der Waals surface area (Å²) in [5.74, 6) is -0.0853. The van der Waals surface area contributed by atoms with Gasteiger partial charge in [-0.25, -0.2) is 12.7 Å². The first-order valence-corrected chi connectivity index (χ1v) is 11.4. The van der Waals surface area contributed by atoms with Gasteiger partial charge >= 0.3 is 0 Å². The third kappa shape index (κ3) is 3.84. The van der Waals surface area contributed by atoms with Gasteiger partial charge < -0.3 is 4.90 Å². The fourth-order valence-corrected chi connectivity index (χ4v) is 6.17. The monoisotopic (exact) mass is 402 g/mol. The maximum atomic E-state index is 13.2. The van der Waals surface area contributed by atoms with Crippen LogP contribution in [0.2, 0.25) is 0 Å². The van der Waals surface area contributed by atoms with E-state index in [4.69, 9.17) is 0 Å². The summed E-state index contributed by atoms with van der Waals surface area (Å²) in [6.07, 6.45) is 6.54. The lowest BCUT2D eigenvalue weighted by Gasteiger charge is -2.37. The Hall–Kier alpha value is -2.19. The number of amides is 1. The van der Waals surface area contributed by atoms with E-state index >= 15 is 0 Å². The summed E-state index contributed by atoms with van der Waals surface area (Å²) in [5, 5.41) is 3.76. The van der Waals surface area contributed by atoms with Crippen LogP contribution in [0.4, 0.5) is 0 Å². The standard InChI is InChI=1S/C20H26N4O3S/c25-20(17-6-2-1-3-7-17)22-12-4-8-19(16-22)28(26,27)23-14-9-18(10-15-23)24-13-5-11-21-24/h1-3,5-7,11,13,18-19H,4,8-10,12,14-16H2/t19-/m1/s1. The van der Waals surface area contributed by atoms with Gasteiger partial charge in [-0.1, -0.05) is 18.2 Å². The van der Waals surface area contributed by atoms with Crippen molar-refractivity contribution in [3.05, 3.63) is 54.4 Å². The Bertz CT molecular complexity index is 891. The molecule has 1 aromatic heterocycles. The number of piperidine rings is 2. The van der Waals surface area contributed by atoms with Gasteiger partial charge in [-0.05, 0) is 43.9 Å². The summed E-state index contributed by atoms with van der Waals surface area (Å²) in [6, 6.07) is 11.2. The lowest BCUT2D eigenvalue weighted by molar-refractivity contribution is 0.0725. The van der Waals surface area contributed by atoms with Gasteiger partial charge in [0.1, 0.15) is 0 Å². The van der Waals surface area contributed by atoms with Crippen LogP contribution in [0.1, 0.15) is 42.1 Å². The first kappa shape index (κ1) is 19.1. The maximum absolute atomic E-state index is 13.2. The number of aromatic nitrogens is 2. The summed E-state index contributed by atoms with van der Waals surface area (Å²) in [4.78, 5) is 14.4. The minimum atomic E-state index is -3.42. The number of nitrogens with zero attached hydrogens (tertiary/aromatic N) is 4. The van der Waals surface area contributed by atoms with Crippen molar-refractivity contribution in [1.29, 1.82) is 0 Å². The van der Waals surface area contributed by atoms with Gasteiger partial charge in [0.15, 0.2) is 0 Å². The highest BCUT2D eigenvalue weighted by atomic mass is 32.2. The largest absolute Gasteiger partial charge is 0.337 e. The molecule has 7 nitrogen and oxygen atoms in total. The van der Waals surface area contributed by atoms with Gasteiger partial charge in [0.25, 0.3) is 5.91 Å². The fourth-order valence-electron chi connectivity index (χ4n) is 4.20. The zero-order valence-corrected chi connectivity index (χ0v) is 16.7. The molecule has 2 aliphatic rings. The van der Waals surface area contributed by atoms with Crippen LogP contribution >= 0.6 is 0 Å². The van der Waals surface area contributed by atoms with Crippen molar-refractivity contribution in [2.24, 2.45) is 0 Å². The zero-order chi connectivity index (χ0) is 19.6. The molecular formula is C20H26N4O3S. The van der Waals surface area contributed by atoms with Crippen LogP contribution in [0.5, 0.6) is 0 Å². The number of carbonyl (C=O) groups is 1. The average Bonchev–Trinajstić information content (AvgIpc) is 3.29. The predicted octanol–water partition coefficient (Wildman–Crippen LogP) is 2.15. The van der Waals surface area contributed by atoms with Crippen molar-refractivity contribution >= 4 is 15.9 Å². The second-order valence-corrected chi connectivity index (χ2v) is 9.76. The fraction of sp³-hybridized carbons (Fsp3) is 0.500. The molecule has 0 bridgehead atoms. The second kappa shape index (κ2) is 8.05. The third-order valence-electron chi connectivity index (χ3n) is 5.79. The molecule has 0 radical (unpaired) electrons. The summed E-state index contributed by atoms with van der Waals surface area (Å²) < 4.78 is 29.9. The molecule has 2 fully saturated rings. The van der Waals surface area contributed by atoms with Crippen LogP contribution in [0.3, 0.4) is 0 Å². The van der Waals surface area contributed by atoms with E-state index in [-0.39, 0.29) is 18.5 Å². The van der Waals surface area contributed by atoms with Crippen molar-refractivity contribution in [2.45, 2.75) is 37.0 Å². The molecule has 2 saturated heterocycles. The molecule has 0 unspecified atom stereocenters. The summed E-state index contributed by atoms with van der Waals surface area (Å²) in [7, 11) is -3.42. The molecule has 28 heavy (non-hydrogen) atoms. The highest BCUT2D eigenvalue weighted by Crippen LogP contribution is 2.28. The van der Waals surface area contributed by atoms with Crippen LogP contribution in [0.15, 0.2) is 48.8 Å². The van der Waals surface area contributed by atoms with Crippen molar-refractivity contribution in [3.8, 4) is 0 Å². The predicted molar refractivity (Wildman–Crippen MR) is 106 cm³/mol. The molecule has 0 saturated carbocycles. The first-order valence-electron chi connectivity index (χ1n) is 9.88. The summed E-state index contributed by atoms with van der Waals surface area (Å²) >= 11 is 0. The molecule has 0 spiro atoms. The normalized spacial score (nSPS) is 22.3. The molecule has 8 heteroatoms. The number of sulfonamides is 1.